The zero-order valence-electron chi connectivity index (χ0n) is 10.6. The van der Waals surface area contributed by atoms with Crippen LogP contribution in [-0.2, 0) is 5.88 Å². The van der Waals surface area contributed by atoms with E-state index in [1.165, 1.54) is 0 Å². The average Bonchev–Trinajstić information content (AvgIpc) is 2.46. The van der Waals surface area contributed by atoms with Gasteiger partial charge in [0.05, 0.1) is 4.47 Å². The molecule has 0 radical (unpaired) electrons. The van der Waals surface area contributed by atoms with E-state index in [4.69, 9.17) is 21.1 Å². The third-order valence-electron chi connectivity index (χ3n) is 2.57. The van der Waals surface area contributed by atoms with Crippen LogP contribution in [0.1, 0.15) is 5.56 Å². The van der Waals surface area contributed by atoms with Crippen LogP contribution in [0.4, 0.5) is 0 Å². The Labute approximate surface area is 140 Å². The van der Waals surface area contributed by atoms with Gasteiger partial charge in [-0.3, -0.25) is 0 Å². The molecule has 0 aliphatic heterocycles. The highest BCUT2D eigenvalue weighted by Crippen LogP contribution is 2.26. The van der Waals surface area contributed by atoms with Crippen LogP contribution in [0.15, 0.2) is 51.4 Å². The van der Waals surface area contributed by atoms with Gasteiger partial charge in [-0.25, -0.2) is 0 Å². The molecule has 0 fully saturated rings. The van der Waals surface area contributed by atoms with E-state index in [9.17, 15) is 0 Å². The lowest BCUT2D eigenvalue weighted by molar-refractivity contribution is 0.216. The lowest BCUT2D eigenvalue weighted by Crippen LogP contribution is -2.09. The quantitative estimate of drug-likeness (QED) is 0.460. The lowest BCUT2D eigenvalue weighted by atomic mass is 10.2. The third kappa shape index (κ3) is 4.69. The number of benzene rings is 2. The minimum absolute atomic E-state index is 0.481. The molecule has 0 N–H and O–H groups in total. The normalized spacial score (nSPS) is 10.3. The molecule has 0 saturated heterocycles. The molecule has 0 bridgehead atoms. The number of halogens is 3. The summed E-state index contributed by atoms with van der Waals surface area (Å²) in [6.07, 6.45) is 0. The minimum Gasteiger partial charge on any atom is -0.490 e. The van der Waals surface area contributed by atoms with E-state index in [0.717, 1.165) is 26.0 Å². The summed E-state index contributed by atoms with van der Waals surface area (Å²) in [5.74, 6) is 2.11. The van der Waals surface area contributed by atoms with E-state index in [1.54, 1.807) is 0 Å². The van der Waals surface area contributed by atoms with Gasteiger partial charge in [0.1, 0.15) is 24.7 Å². The Bertz CT molecular complexity index is 558. The van der Waals surface area contributed by atoms with Crippen molar-refractivity contribution in [2.24, 2.45) is 0 Å². The van der Waals surface area contributed by atoms with Crippen molar-refractivity contribution < 1.29 is 9.47 Å². The van der Waals surface area contributed by atoms with Gasteiger partial charge in [-0.1, -0.05) is 22.0 Å². The maximum Gasteiger partial charge on any atom is 0.133 e. The summed E-state index contributed by atoms with van der Waals surface area (Å²) in [5, 5.41) is 0. The molecule has 0 aromatic heterocycles. The molecular weight excluding hydrogens is 407 g/mol. The maximum atomic E-state index is 5.77. The SMILES string of the molecule is ClCc1ccc(OCCOc2ccc(Br)cc2)c(Br)c1. The van der Waals surface area contributed by atoms with E-state index in [1.807, 2.05) is 42.5 Å². The first-order chi connectivity index (χ1) is 9.69. The molecule has 2 aromatic carbocycles. The van der Waals surface area contributed by atoms with E-state index >= 15 is 0 Å². The minimum atomic E-state index is 0.481. The molecule has 2 nitrogen and oxygen atoms in total. The fourth-order valence-electron chi connectivity index (χ4n) is 1.59. The van der Waals surface area contributed by atoms with Crippen molar-refractivity contribution in [3.05, 3.63) is 57.0 Å². The molecule has 2 aromatic rings. The van der Waals surface area contributed by atoms with Crippen molar-refractivity contribution in [3.8, 4) is 11.5 Å². The van der Waals surface area contributed by atoms with Gasteiger partial charge in [-0.15, -0.1) is 11.6 Å². The molecule has 2 rings (SSSR count). The Morgan fingerprint density at radius 2 is 1.60 bits per heavy atom. The van der Waals surface area contributed by atoms with Gasteiger partial charge >= 0.3 is 0 Å². The zero-order valence-corrected chi connectivity index (χ0v) is 14.5. The molecule has 0 aliphatic carbocycles. The van der Waals surface area contributed by atoms with Crippen LogP contribution in [0.3, 0.4) is 0 Å². The first-order valence-corrected chi connectivity index (χ1v) is 8.16. The fraction of sp³-hybridized carbons (Fsp3) is 0.200. The van der Waals surface area contributed by atoms with Gasteiger partial charge < -0.3 is 9.47 Å². The number of hydrogen-bond acceptors (Lipinski definition) is 2. The van der Waals surface area contributed by atoms with Gasteiger partial charge in [-0.2, -0.15) is 0 Å². The van der Waals surface area contributed by atoms with Crippen LogP contribution in [0.5, 0.6) is 11.5 Å². The number of alkyl halides is 1. The molecule has 0 spiro atoms. The first-order valence-electron chi connectivity index (χ1n) is 6.04. The highest BCUT2D eigenvalue weighted by atomic mass is 79.9. The van der Waals surface area contributed by atoms with Gasteiger partial charge in [0.15, 0.2) is 0 Å². The second-order valence-electron chi connectivity index (χ2n) is 4.05. The van der Waals surface area contributed by atoms with Crippen molar-refractivity contribution in [1.29, 1.82) is 0 Å². The Hall–Kier alpha value is -0.710. The molecule has 0 heterocycles. The standard InChI is InChI=1S/C15H13Br2ClO2/c16-12-2-4-13(5-3-12)19-7-8-20-15-6-1-11(10-18)9-14(15)17/h1-6,9H,7-8,10H2. The predicted molar refractivity (Wildman–Crippen MR) is 88.8 cm³/mol. The largest absolute Gasteiger partial charge is 0.490 e. The van der Waals surface area contributed by atoms with Crippen molar-refractivity contribution >= 4 is 43.5 Å². The third-order valence-corrected chi connectivity index (χ3v) is 4.03. The van der Waals surface area contributed by atoms with Gasteiger partial charge in [-0.05, 0) is 57.9 Å². The van der Waals surface area contributed by atoms with E-state index < -0.39 is 0 Å². The monoisotopic (exact) mass is 418 g/mol. The molecule has 0 amide bonds. The summed E-state index contributed by atoms with van der Waals surface area (Å²) in [5.41, 5.74) is 1.05. The number of rotatable bonds is 6. The second-order valence-corrected chi connectivity index (χ2v) is 6.09. The van der Waals surface area contributed by atoms with Crippen molar-refractivity contribution in [3.63, 3.8) is 0 Å². The molecule has 0 aliphatic rings. The zero-order chi connectivity index (χ0) is 14.4. The van der Waals surface area contributed by atoms with E-state index in [-0.39, 0.29) is 0 Å². The van der Waals surface area contributed by atoms with Crippen LogP contribution in [0.2, 0.25) is 0 Å². The Kier molecular flexibility index (Phi) is 6.20. The Morgan fingerprint density at radius 1 is 0.900 bits per heavy atom. The Morgan fingerprint density at radius 3 is 2.25 bits per heavy atom. The van der Waals surface area contributed by atoms with Crippen LogP contribution in [0.25, 0.3) is 0 Å². The second kappa shape index (κ2) is 7.91. The molecule has 0 unspecified atom stereocenters. The van der Waals surface area contributed by atoms with Crippen LogP contribution in [-0.4, -0.2) is 13.2 Å². The molecule has 5 heteroatoms. The fourth-order valence-corrected chi connectivity index (χ4v) is 2.56. The molecular formula is C15H13Br2ClO2. The summed E-state index contributed by atoms with van der Waals surface area (Å²) in [6.45, 7) is 0.972. The number of ether oxygens (including phenoxy) is 2. The summed E-state index contributed by atoms with van der Waals surface area (Å²) in [6, 6.07) is 13.5. The average molecular weight is 421 g/mol. The molecule has 106 valence electrons. The summed E-state index contributed by atoms with van der Waals surface area (Å²) < 4.78 is 13.2. The van der Waals surface area contributed by atoms with Crippen LogP contribution < -0.4 is 9.47 Å². The predicted octanol–water partition coefficient (Wildman–Crippen LogP) is 5.41. The molecule has 0 saturated carbocycles. The van der Waals surface area contributed by atoms with Gasteiger partial charge in [0, 0.05) is 10.4 Å². The summed E-state index contributed by atoms with van der Waals surface area (Å²) >= 11 is 12.6. The molecule has 20 heavy (non-hydrogen) atoms. The van der Waals surface area contributed by atoms with Gasteiger partial charge in [0.25, 0.3) is 0 Å². The Balaban J connectivity index is 1.79. The van der Waals surface area contributed by atoms with Crippen molar-refractivity contribution in [2.75, 3.05) is 13.2 Å². The van der Waals surface area contributed by atoms with Crippen LogP contribution in [0, 0.1) is 0 Å². The topological polar surface area (TPSA) is 18.5 Å². The highest BCUT2D eigenvalue weighted by molar-refractivity contribution is 9.10. The smallest absolute Gasteiger partial charge is 0.133 e. The number of hydrogen-bond donors (Lipinski definition) is 0. The van der Waals surface area contributed by atoms with Crippen molar-refractivity contribution in [1.82, 2.24) is 0 Å². The maximum absolute atomic E-state index is 5.77. The summed E-state index contributed by atoms with van der Waals surface area (Å²) in [7, 11) is 0. The van der Waals surface area contributed by atoms with Crippen LogP contribution >= 0.6 is 43.5 Å². The first kappa shape index (κ1) is 15.7. The van der Waals surface area contributed by atoms with E-state index in [2.05, 4.69) is 31.9 Å². The lowest BCUT2D eigenvalue weighted by Gasteiger charge is -2.10. The highest BCUT2D eigenvalue weighted by Gasteiger charge is 2.02. The van der Waals surface area contributed by atoms with Crippen molar-refractivity contribution in [2.45, 2.75) is 5.88 Å². The van der Waals surface area contributed by atoms with Gasteiger partial charge in [0.2, 0.25) is 0 Å². The summed E-state index contributed by atoms with van der Waals surface area (Å²) in [4.78, 5) is 0. The van der Waals surface area contributed by atoms with E-state index in [0.29, 0.717) is 19.1 Å². The molecule has 0 atom stereocenters.